The maximum atomic E-state index is 11.4. The van der Waals surface area contributed by atoms with Crippen LogP contribution in [-0.2, 0) is 9.59 Å². The van der Waals surface area contributed by atoms with Gasteiger partial charge in [0.2, 0.25) is 5.91 Å². The summed E-state index contributed by atoms with van der Waals surface area (Å²) in [5.41, 5.74) is 0. The SMILES string of the molecule is CC1NCCN(CCC(=O)O)C1=O. The summed E-state index contributed by atoms with van der Waals surface area (Å²) in [5.74, 6) is -0.869. The summed E-state index contributed by atoms with van der Waals surface area (Å²) in [5, 5.41) is 11.5. The lowest BCUT2D eigenvalue weighted by Gasteiger charge is -2.31. The Bertz CT molecular complexity index is 217. The molecule has 1 rings (SSSR count). The van der Waals surface area contributed by atoms with Crippen LogP contribution in [0, 0.1) is 0 Å². The lowest BCUT2D eigenvalue weighted by atomic mass is 10.2. The van der Waals surface area contributed by atoms with E-state index in [2.05, 4.69) is 5.32 Å². The maximum absolute atomic E-state index is 11.4. The molecule has 5 heteroatoms. The van der Waals surface area contributed by atoms with Gasteiger partial charge in [-0.3, -0.25) is 9.59 Å². The molecular formula is C8H14N2O3. The van der Waals surface area contributed by atoms with Crippen LogP contribution in [0.4, 0.5) is 0 Å². The third-order valence-corrected chi connectivity index (χ3v) is 2.11. The van der Waals surface area contributed by atoms with E-state index in [4.69, 9.17) is 5.11 Å². The molecule has 0 aromatic rings. The van der Waals surface area contributed by atoms with E-state index in [0.29, 0.717) is 13.1 Å². The summed E-state index contributed by atoms with van der Waals surface area (Å²) in [7, 11) is 0. The van der Waals surface area contributed by atoms with Crippen LogP contribution in [0.25, 0.3) is 0 Å². The number of hydrogen-bond acceptors (Lipinski definition) is 3. The van der Waals surface area contributed by atoms with Crippen molar-refractivity contribution in [2.24, 2.45) is 0 Å². The maximum Gasteiger partial charge on any atom is 0.305 e. The van der Waals surface area contributed by atoms with Crippen LogP contribution < -0.4 is 5.32 Å². The monoisotopic (exact) mass is 186 g/mol. The van der Waals surface area contributed by atoms with Gasteiger partial charge in [0.1, 0.15) is 0 Å². The van der Waals surface area contributed by atoms with Crippen LogP contribution in [-0.4, -0.2) is 47.6 Å². The fraction of sp³-hybridized carbons (Fsp3) is 0.750. The van der Waals surface area contributed by atoms with Gasteiger partial charge in [-0.1, -0.05) is 0 Å². The molecule has 13 heavy (non-hydrogen) atoms. The third-order valence-electron chi connectivity index (χ3n) is 2.11. The molecule has 0 radical (unpaired) electrons. The highest BCUT2D eigenvalue weighted by molar-refractivity contribution is 5.82. The van der Waals surface area contributed by atoms with Gasteiger partial charge >= 0.3 is 5.97 Å². The van der Waals surface area contributed by atoms with Crippen molar-refractivity contribution in [1.29, 1.82) is 0 Å². The topological polar surface area (TPSA) is 69.6 Å². The van der Waals surface area contributed by atoms with E-state index in [1.165, 1.54) is 0 Å². The van der Waals surface area contributed by atoms with Gasteiger partial charge in [-0.05, 0) is 6.92 Å². The number of aliphatic carboxylic acids is 1. The Balaban J connectivity index is 2.40. The van der Waals surface area contributed by atoms with Gasteiger partial charge in [-0.2, -0.15) is 0 Å². The first-order valence-corrected chi connectivity index (χ1v) is 4.35. The van der Waals surface area contributed by atoms with Crippen LogP contribution in [0.1, 0.15) is 13.3 Å². The van der Waals surface area contributed by atoms with E-state index in [1.807, 2.05) is 0 Å². The summed E-state index contributed by atoms with van der Waals surface area (Å²) < 4.78 is 0. The van der Waals surface area contributed by atoms with Crippen molar-refractivity contribution in [3.8, 4) is 0 Å². The van der Waals surface area contributed by atoms with Crippen molar-refractivity contribution in [2.75, 3.05) is 19.6 Å². The van der Waals surface area contributed by atoms with Crippen molar-refractivity contribution in [2.45, 2.75) is 19.4 Å². The van der Waals surface area contributed by atoms with Gasteiger partial charge < -0.3 is 15.3 Å². The Labute approximate surface area is 76.7 Å². The van der Waals surface area contributed by atoms with E-state index in [1.54, 1.807) is 11.8 Å². The molecule has 0 aliphatic carbocycles. The zero-order chi connectivity index (χ0) is 9.84. The molecular weight excluding hydrogens is 172 g/mol. The van der Waals surface area contributed by atoms with Gasteiger partial charge in [0.05, 0.1) is 12.5 Å². The average molecular weight is 186 g/mol. The minimum Gasteiger partial charge on any atom is -0.481 e. The molecule has 1 atom stereocenters. The largest absolute Gasteiger partial charge is 0.481 e. The molecule has 1 fully saturated rings. The van der Waals surface area contributed by atoms with Crippen molar-refractivity contribution in [3.05, 3.63) is 0 Å². The highest BCUT2D eigenvalue weighted by atomic mass is 16.4. The Morgan fingerprint density at radius 2 is 2.46 bits per heavy atom. The van der Waals surface area contributed by atoms with E-state index < -0.39 is 5.97 Å². The van der Waals surface area contributed by atoms with Gasteiger partial charge in [0.15, 0.2) is 0 Å². The predicted molar refractivity (Wildman–Crippen MR) is 46.3 cm³/mol. The molecule has 5 nitrogen and oxygen atoms in total. The number of piperazine rings is 1. The van der Waals surface area contributed by atoms with E-state index in [-0.39, 0.29) is 18.4 Å². The first kappa shape index (κ1) is 9.98. The molecule has 0 aromatic heterocycles. The smallest absolute Gasteiger partial charge is 0.305 e. The first-order chi connectivity index (χ1) is 6.11. The Hall–Kier alpha value is -1.10. The molecule has 74 valence electrons. The zero-order valence-electron chi connectivity index (χ0n) is 7.62. The molecule has 1 saturated heterocycles. The highest BCUT2D eigenvalue weighted by Crippen LogP contribution is 2.01. The molecule has 1 amide bonds. The number of carbonyl (C=O) groups is 2. The Morgan fingerprint density at radius 3 is 3.08 bits per heavy atom. The minimum atomic E-state index is -0.862. The molecule has 1 unspecified atom stereocenters. The van der Waals surface area contributed by atoms with Crippen LogP contribution in [0.3, 0.4) is 0 Å². The second-order valence-corrected chi connectivity index (χ2v) is 3.14. The fourth-order valence-corrected chi connectivity index (χ4v) is 1.34. The number of hydrogen-bond donors (Lipinski definition) is 2. The quantitative estimate of drug-likeness (QED) is 0.610. The van der Waals surface area contributed by atoms with E-state index >= 15 is 0 Å². The number of rotatable bonds is 3. The fourth-order valence-electron chi connectivity index (χ4n) is 1.34. The molecule has 1 heterocycles. The van der Waals surface area contributed by atoms with Crippen LogP contribution in [0.5, 0.6) is 0 Å². The second-order valence-electron chi connectivity index (χ2n) is 3.14. The summed E-state index contributed by atoms with van der Waals surface area (Å²) in [6.45, 7) is 3.46. The van der Waals surface area contributed by atoms with Gasteiger partial charge in [-0.25, -0.2) is 0 Å². The highest BCUT2D eigenvalue weighted by Gasteiger charge is 2.24. The molecule has 1 aliphatic rings. The lowest BCUT2D eigenvalue weighted by Crippen LogP contribution is -2.53. The standard InChI is InChI=1S/C8H14N2O3/c1-6-8(13)10(5-3-9-6)4-2-7(11)12/h6,9H,2-5H2,1H3,(H,11,12). The molecule has 2 N–H and O–H groups in total. The number of nitrogens with one attached hydrogen (secondary N) is 1. The van der Waals surface area contributed by atoms with Gasteiger partial charge in [-0.15, -0.1) is 0 Å². The van der Waals surface area contributed by atoms with Gasteiger partial charge in [0, 0.05) is 19.6 Å². The Morgan fingerprint density at radius 1 is 1.77 bits per heavy atom. The van der Waals surface area contributed by atoms with Crippen molar-refractivity contribution >= 4 is 11.9 Å². The van der Waals surface area contributed by atoms with Gasteiger partial charge in [0.25, 0.3) is 0 Å². The number of carboxylic acids is 1. The van der Waals surface area contributed by atoms with E-state index in [0.717, 1.165) is 6.54 Å². The van der Waals surface area contributed by atoms with Crippen LogP contribution >= 0.6 is 0 Å². The summed E-state index contributed by atoms with van der Waals surface area (Å²) in [6, 6.07) is -0.178. The van der Waals surface area contributed by atoms with Crippen LogP contribution in [0.2, 0.25) is 0 Å². The summed E-state index contributed by atoms with van der Waals surface area (Å²) in [6.07, 6.45) is 0.0262. The van der Waals surface area contributed by atoms with Crippen molar-refractivity contribution in [1.82, 2.24) is 10.2 Å². The minimum absolute atomic E-state index is 0.00694. The van der Waals surface area contributed by atoms with Crippen LogP contribution in [0.15, 0.2) is 0 Å². The second kappa shape index (κ2) is 4.23. The molecule has 0 saturated carbocycles. The van der Waals surface area contributed by atoms with Crippen molar-refractivity contribution in [3.63, 3.8) is 0 Å². The molecule has 1 aliphatic heterocycles. The lowest BCUT2D eigenvalue weighted by molar-refractivity contribution is -0.139. The number of carboxylic acid groups (broad SMARTS) is 1. The third kappa shape index (κ3) is 2.69. The Kier molecular flexibility index (Phi) is 3.25. The van der Waals surface area contributed by atoms with Crippen molar-refractivity contribution < 1.29 is 14.7 Å². The average Bonchev–Trinajstić information content (AvgIpc) is 2.07. The first-order valence-electron chi connectivity index (χ1n) is 4.35. The summed E-state index contributed by atoms with van der Waals surface area (Å²) >= 11 is 0. The number of amides is 1. The molecule has 0 aromatic carbocycles. The predicted octanol–water partition coefficient (Wildman–Crippen LogP) is -0.719. The zero-order valence-corrected chi connectivity index (χ0v) is 7.62. The number of carbonyl (C=O) groups excluding carboxylic acids is 1. The molecule has 0 spiro atoms. The molecule has 0 bridgehead atoms. The van der Waals surface area contributed by atoms with E-state index in [9.17, 15) is 9.59 Å². The number of nitrogens with zero attached hydrogens (tertiary/aromatic N) is 1. The summed E-state index contributed by atoms with van der Waals surface area (Å²) in [4.78, 5) is 23.3. The normalized spacial score (nSPS) is 23.3.